The lowest BCUT2D eigenvalue weighted by Gasteiger charge is -2.35. The molecule has 50 heavy (non-hydrogen) atoms. The summed E-state index contributed by atoms with van der Waals surface area (Å²) in [6, 6.07) is 25.0. The molecular weight excluding hydrogens is 623 g/mol. The van der Waals surface area contributed by atoms with Gasteiger partial charge < -0.3 is 10.2 Å². The Morgan fingerprint density at radius 3 is 2.32 bits per heavy atom. The number of anilines is 3. The summed E-state index contributed by atoms with van der Waals surface area (Å²) in [5, 5.41) is 5.36. The highest BCUT2D eigenvalue weighted by Crippen LogP contribution is 2.45. The van der Waals surface area contributed by atoms with Gasteiger partial charge in [-0.1, -0.05) is 112 Å². The minimum absolute atomic E-state index is 0.217. The van der Waals surface area contributed by atoms with Crippen molar-refractivity contribution in [1.29, 1.82) is 0 Å². The average molecular weight is 683 g/mol. The number of para-hydroxylation sites is 3. The van der Waals surface area contributed by atoms with Crippen molar-refractivity contribution in [3.63, 3.8) is 0 Å². The summed E-state index contributed by atoms with van der Waals surface area (Å²) in [6.07, 6.45) is 10.8. The van der Waals surface area contributed by atoms with E-state index in [0.29, 0.717) is 11.8 Å². The molecule has 0 fully saturated rings. The molecule has 0 spiro atoms. The number of allylic oxidation sites excluding steroid dienone is 4. The van der Waals surface area contributed by atoms with Gasteiger partial charge in [-0.3, -0.25) is 0 Å². The maximum absolute atomic E-state index is 4.81. The largest absolute Gasteiger partial charge is 0.353 e. The normalized spacial score (nSPS) is 15.6. The molecule has 1 aliphatic rings. The van der Waals surface area contributed by atoms with E-state index in [0.717, 1.165) is 42.8 Å². The molecule has 5 rings (SSSR count). The summed E-state index contributed by atoms with van der Waals surface area (Å²) in [7, 11) is 0.526. The van der Waals surface area contributed by atoms with Gasteiger partial charge in [0.1, 0.15) is 0 Å². The van der Waals surface area contributed by atoms with Gasteiger partial charge >= 0.3 is 0 Å². The molecule has 4 aromatic rings. The molecule has 1 aromatic heterocycles. The van der Waals surface area contributed by atoms with E-state index in [9.17, 15) is 0 Å². The average Bonchev–Trinajstić information content (AvgIpc) is 3.05. The van der Waals surface area contributed by atoms with Crippen LogP contribution in [0.4, 0.5) is 17.1 Å². The van der Waals surface area contributed by atoms with Gasteiger partial charge in [-0.2, -0.15) is 4.57 Å². The van der Waals surface area contributed by atoms with Crippen LogP contribution >= 0.6 is 0 Å². The van der Waals surface area contributed by atoms with Crippen molar-refractivity contribution in [2.24, 2.45) is 5.92 Å². The highest BCUT2D eigenvalue weighted by atomic mass is 28.3. The molecule has 2 atom stereocenters. The van der Waals surface area contributed by atoms with Gasteiger partial charge in [-0.05, 0) is 93.3 Å². The van der Waals surface area contributed by atoms with Crippen molar-refractivity contribution in [1.82, 2.24) is 0 Å². The second-order valence-electron chi connectivity index (χ2n) is 16.1. The Morgan fingerprint density at radius 1 is 0.960 bits per heavy atom. The lowest BCUT2D eigenvalue weighted by atomic mass is 9.77. The molecule has 262 valence electrons. The topological polar surface area (TPSA) is 19.1 Å². The first kappa shape index (κ1) is 37.1. The predicted octanol–water partition coefficient (Wildman–Crippen LogP) is 11.6. The van der Waals surface area contributed by atoms with Crippen molar-refractivity contribution in [2.75, 3.05) is 17.3 Å². The molecular formula is C46H60N3Si+. The van der Waals surface area contributed by atoms with E-state index < -0.39 is 8.07 Å². The van der Waals surface area contributed by atoms with Gasteiger partial charge in [-0.25, -0.2) is 0 Å². The van der Waals surface area contributed by atoms with E-state index in [-0.39, 0.29) is 6.04 Å². The first-order valence-corrected chi connectivity index (χ1v) is 22.0. The molecule has 2 unspecified atom stereocenters. The van der Waals surface area contributed by atoms with Crippen LogP contribution in [0.25, 0.3) is 11.3 Å². The zero-order valence-electron chi connectivity index (χ0n) is 32.5. The van der Waals surface area contributed by atoms with Crippen molar-refractivity contribution in [2.45, 2.75) is 98.8 Å². The summed E-state index contributed by atoms with van der Waals surface area (Å²) < 4.78 is 2.66. The highest BCUT2D eigenvalue weighted by Gasteiger charge is 2.42. The summed E-state index contributed by atoms with van der Waals surface area (Å²) in [5.41, 5.74) is 15.2. The van der Waals surface area contributed by atoms with Gasteiger partial charge in [0, 0.05) is 41.2 Å². The molecule has 2 heterocycles. The quantitative estimate of drug-likeness (QED) is 0.0860. The highest BCUT2D eigenvalue weighted by molar-refractivity contribution is 6.89. The van der Waals surface area contributed by atoms with Crippen LogP contribution in [0.3, 0.4) is 0 Å². The minimum Gasteiger partial charge on any atom is -0.353 e. The number of benzene rings is 3. The fourth-order valence-corrected chi connectivity index (χ4v) is 9.49. The Kier molecular flexibility index (Phi) is 11.4. The molecule has 0 radical (unpaired) electrons. The molecule has 0 aliphatic carbocycles. The number of rotatable bonds is 13. The van der Waals surface area contributed by atoms with E-state index in [1.807, 2.05) is 0 Å². The third-order valence-electron chi connectivity index (χ3n) is 10.4. The zero-order chi connectivity index (χ0) is 36.3. The first-order chi connectivity index (χ1) is 23.7. The maximum atomic E-state index is 4.81. The zero-order valence-corrected chi connectivity index (χ0v) is 33.5. The van der Waals surface area contributed by atoms with Gasteiger partial charge in [0.2, 0.25) is 5.69 Å². The third kappa shape index (κ3) is 8.07. The van der Waals surface area contributed by atoms with Crippen molar-refractivity contribution in [3.05, 3.63) is 137 Å². The molecule has 1 aliphatic heterocycles. The van der Waals surface area contributed by atoms with E-state index in [1.54, 1.807) is 5.19 Å². The van der Waals surface area contributed by atoms with E-state index in [2.05, 4.69) is 175 Å². The van der Waals surface area contributed by atoms with E-state index in [4.69, 9.17) is 6.58 Å². The van der Waals surface area contributed by atoms with Gasteiger partial charge in [0.25, 0.3) is 0 Å². The monoisotopic (exact) mass is 682 g/mol. The molecule has 0 amide bonds. The predicted molar refractivity (Wildman–Crippen MR) is 221 cm³/mol. The summed E-state index contributed by atoms with van der Waals surface area (Å²) in [4.78, 5) is 2.31. The third-order valence-corrected chi connectivity index (χ3v) is 12.5. The van der Waals surface area contributed by atoms with Crippen LogP contribution in [0.15, 0.2) is 110 Å². The van der Waals surface area contributed by atoms with Gasteiger partial charge in [-0.15, -0.1) is 0 Å². The van der Waals surface area contributed by atoms with Crippen LogP contribution in [-0.2, 0) is 6.42 Å². The molecule has 3 aromatic carbocycles. The molecule has 0 bridgehead atoms. The first-order valence-electron chi connectivity index (χ1n) is 18.5. The molecule has 1 N–H and O–H groups in total. The Bertz CT molecular complexity index is 1890. The fraction of sp³-hybridized carbons (Fsp3) is 0.370. The summed E-state index contributed by atoms with van der Waals surface area (Å²) >= 11 is 0. The van der Waals surface area contributed by atoms with Crippen molar-refractivity contribution < 1.29 is 4.57 Å². The van der Waals surface area contributed by atoms with Crippen LogP contribution in [0.2, 0.25) is 19.6 Å². The summed E-state index contributed by atoms with van der Waals surface area (Å²) in [5.74, 6) is 0.920. The number of aryl methyl sites for hydroxylation is 3. The lowest BCUT2D eigenvalue weighted by molar-refractivity contribution is -0.717. The molecule has 4 heteroatoms. The lowest BCUT2D eigenvalue weighted by Crippen LogP contribution is -2.54. The standard InChI is InChI=1S/C46H60N3Si/c1-13-17-32(4)22-24-38-40-27-33(5)23-25-39(40)44-29-37(26-31(2)3)45(50(10,11)12)30-49(44)43(38)28-36(8)48(9)42-21-15-14-20-41(42)47-46-34(6)18-16-19-35(46)7/h13-21,23,25,27,29-31,38,43,47H,4,8,22,24,26,28H2,1-3,5-7,9-12H3/q+1/b17-13-. The molecule has 3 nitrogen and oxygen atoms in total. The Morgan fingerprint density at radius 2 is 1.66 bits per heavy atom. The molecule has 0 saturated carbocycles. The minimum atomic E-state index is -1.66. The van der Waals surface area contributed by atoms with Crippen LogP contribution in [0.1, 0.15) is 79.8 Å². The van der Waals surface area contributed by atoms with E-state index in [1.165, 1.54) is 50.3 Å². The number of aromatic nitrogens is 1. The molecule has 0 saturated heterocycles. The summed E-state index contributed by atoms with van der Waals surface area (Å²) in [6.45, 7) is 30.1. The smallest absolute Gasteiger partial charge is 0.213 e. The maximum Gasteiger partial charge on any atom is 0.213 e. The Hall–Kier alpha value is -4.15. The van der Waals surface area contributed by atoms with Gasteiger partial charge in [0.05, 0.1) is 25.9 Å². The van der Waals surface area contributed by atoms with Crippen LogP contribution in [0, 0.1) is 26.7 Å². The number of pyridine rings is 1. The number of nitrogens with one attached hydrogen (secondary N) is 1. The fourth-order valence-electron chi connectivity index (χ4n) is 7.82. The number of hydrogen-bond donors (Lipinski definition) is 1. The second-order valence-corrected chi connectivity index (χ2v) is 21.1. The number of nitrogens with zero attached hydrogens (tertiary/aromatic N) is 2. The van der Waals surface area contributed by atoms with Crippen molar-refractivity contribution >= 4 is 30.3 Å². The van der Waals surface area contributed by atoms with Gasteiger partial charge in [0.15, 0.2) is 12.2 Å². The van der Waals surface area contributed by atoms with Crippen LogP contribution in [-0.4, -0.2) is 15.1 Å². The number of hydrogen-bond acceptors (Lipinski definition) is 2. The Balaban J connectivity index is 1.62. The SMILES string of the molecule is C=C(/C=C\C)CCC1c2cc(C)ccc2-c2cc(CC(C)C)c([Si](C)(C)C)c[n+]2C1CC(=C)N(C)c1ccccc1Nc1c(C)cccc1C. The van der Waals surface area contributed by atoms with Crippen LogP contribution < -0.4 is 20.0 Å². The Labute approximate surface area is 304 Å². The van der Waals surface area contributed by atoms with Crippen LogP contribution in [0.5, 0.6) is 0 Å². The van der Waals surface area contributed by atoms with Crippen molar-refractivity contribution in [3.8, 4) is 11.3 Å². The number of fused-ring (bicyclic) bond motifs is 3. The van der Waals surface area contributed by atoms with E-state index >= 15 is 0 Å². The second kappa shape index (κ2) is 15.4.